The molecule has 1 fully saturated rings. The van der Waals surface area contributed by atoms with Crippen LogP contribution in [0, 0.1) is 5.82 Å². The van der Waals surface area contributed by atoms with Crippen LogP contribution in [0.5, 0.6) is 0 Å². The second-order valence-electron chi connectivity index (χ2n) is 6.34. The van der Waals surface area contributed by atoms with Crippen molar-refractivity contribution in [2.75, 3.05) is 0 Å². The predicted molar refractivity (Wildman–Crippen MR) is 103 cm³/mol. The van der Waals surface area contributed by atoms with Crippen LogP contribution in [-0.4, -0.2) is 31.5 Å². The summed E-state index contributed by atoms with van der Waals surface area (Å²) < 4.78 is 27.7. The highest BCUT2D eigenvalue weighted by Crippen LogP contribution is 2.29. The minimum absolute atomic E-state index is 0.0311. The number of halogens is 3. The highest BCUT2D eigenvalue weighted by atomic mass is 35.5. The monoisotopic (exact) mass is 429 g/mol. The van der Waals surface area contributed by atoms with E-state index in [0.29, 0.717) is 11.3 Å². The number of nitrogens with one attached hydrogen (secondary N) is 1. The van der Waals surface area contributed by atoms with E-state index in [1.165, 1.54) is 24.3 Å². The number of carbonyl (C=O) groups excluding carboxylic acids is 1. The lowest BCUT2D eigenvalue weighted by Crippen LogP contribution is -2.45. The molecule has 2 aromatic rings. The van der Waals surface area contributed by atoms with E-state index >= 15 is 0 Å². The number of aromatic nitrogens is 1. The maximum absolute atomic E-state index is 13.1. The average molecular weight is 430 g/mol. The Balaban J connectivity index is 1.71. The van der Waals surface area contributed by atoms with Crippen molar-refractivity contribution in [3.8, 4) is 0 Å². The Hall–Kier alpha value is -1.54. The van der Waals surface area contributed by atoms with Crippen LogP contribution >= 0.6 is 23.2 Å². The molecule has 144 valence electrons. The summed E-state index contributed by atoms with van der Waals surface area (Å²) in [5.41, 5.74) is 0.727. The van der Waals surface area contributed by atoms with Gasteiger partial charge in [-0.25, -0.2) is 17.9 Å². The van der Waals surface area contributed by atoms with Crippen molar-refractivity contribution in [1.82, 2.24) is 14.6 Å². The van der Waals surface area contributed by atoms with Gasteiger partial charge >= 0.3 is 0 Å². The second kappa shape index (κ2) is 8.65. The first-order chi connectivity index (χ1) is 12.8. The van der Waals surface area contributed by atoms with Gasteiger partial charge in [0.2, 0.25) is 5.91 Å². The van der Waals surface area contributed by atoms with Crippen molar-refractivity contribution in [1.29, 1.82) is 0 Å². The number of amides is 1. The van der Waals surface area contributed by atoms with Gasteiger partial charge in [0.1, 0.15) is 33.2 Å². The number of nitrogens with zero attached hydrogens (tertiary/aromatic N) is 2. The number of carbonyl (C=O) groups is 1. The molecule has 1 N–H and O–H groups in total. The van der Waals surface area contributed by atoms with Gasteiger partial charge in [-0.05, 0) is 61.7 Å². The minimum atomic E-state index is -1.55. The number of hydrogen-bond donors (Lipinski definition) is 1. The molecule has 1 aliphatic rings. The molecule has 1 aliphatic heterocycles. The fourth-order valence-electron chi connectivity index (χ4n) is 3.08. The van der Waals surface area contributed by atoms with Crippen LogP contribution in [0.4, 0.5) is 4.39 Å². The Morgan fingerprint density at radius 1 is 1.26 bits per heavy atom. The van der Waals surface area contributed by atoms with E-state index in [-0.39, 0.29) is 28.8 Å². The van der Waals surface area contributed by atoms with Crippen molar-refractivity contribution in [3.63, 3.8) is 0 Å². The van der Waals surface area contributed by atoms with Crippen molar-refractivity contribution in [2.45, 2.75) is 43.3 Å². The summed E-state index contributed by atoms with van der Waals surface area (Å²) >= 11 is 11.7. The summed E-state index contributed by atoms with van der Waals surface area (Å²) in [6.45, 7) is 2.17. The molecule has 0 aliphatic carbocycles. The second-order valence-corrected chi connectivity index (χ2v) is 8.51. The Labute approximate surface area is 169 Å². The summed E-state index contributed by atoms with van der Waals surface area (Å²) in [4.78, 5) is 17.0. The van der Waals surface area contributed by atoms with E-state index in [1.807, 2.05) is 6.92 Å². The van der Waals surface area contributed by atoms with Gasteiger partial charge in [-0.2, -0.15) is 0 Å². The molecule has 0 saturated carbocycles. The Morgan fingerprint density at radius 2 is 1.89 bits per heavy atom. The fourth-order valence-corrected chi connectivity index (χ4v) is 5.06. The van der Waals surface area contributed by atoms with Crippen LogP contribution in [0.15, 0.2) is 41.3 Å². The molecule has 9 heteroatoms. The lowest BCUT2D eigenvalue weighted by molar-refractivity contribution is -0.124. The van der Waals surface area contributed by atoms with Crippen LogP contribution in [-0.2, 0) is 22.3 Å². The summed E-state index contributed by atoms with van der Waals surface area (Å²) in [5.74, 6) is -0.618. The summed E-state index contributed by atoms with van der Waals surface area (Å²) in [6.07, 6.45) is 1.34. The number of hydrogen-bond acceptors (Lipinski definition) is 3. The Bertz CT molecular complexity index is 846. The normalized spacial score (nSPS) is 21.2. The molecule has 3 rings (SSSR count). The predicted octanol–water partition coefficient (Wildman–Crippen LogP) is 3.72. The molecular formula is C18H18Cl2FN3O2S. The molecular weight excluding hydrogens is 412 g/mol. The Morgan fingerprint density at radius 3 is 2.52 bits per heavy atom. The molecule has 0 radical (unpaired) electrons. The quantitative estimate of drug-likeness (QED) is 0.736. The van der Waals surface area contributed by atoms with E-state index in [4.69, 9.17) is 23.2 Å². The molecule has 3 unspecified atom stereocenters. The highest BCUT2D eigenvalue weighted by Gasteiger charge is 2.39. The van der Waals surface area contributed by atoms with Crippen LogP contribution in [0.25, 0.3) is 0 Å². The average Bonchev–Trinajstić information content (AvgIpc) is 3.00. The summed E-state index contributed by atoms with van der Waals surface area (Å²) in [6, 6.07) is 8.17. The zero-order chi connectivity index (χ0) is 19.6. The molecule has 1 aromatic carbocycles. The zero-order valence-corrected chi connectivity index (χ0v) is 16.8. The SMILES string of the molecule is CC1CCC(C(=O)NCc2cc(Cl)nc(Cl)c2)N1S(=O)c1ccc(F)cc1. The van der Waals surface area contributed by atoms with Crippen molar-refractivity contribution >= 4 is 40.1 Å². The third-order valence-corrected chi connectivity index (χ3v) is 6.46. The maximum Gasteiger partial charge on any atom is 0.238 e. The highest BCUT2D eigenvalue weighted by molar-refractivity contribution is 7.82. The number of rotatable bonds is 5. The lowest BCUT2D eigenvalue weighted by atomic mass is 10.2. The van der Waals surface area contributed by atoms with E-state index in [0.717, 1.165) is 12.0 Å². The van der Waals surface area contributed by atoms with Crippen LogP contribution in [0.2, 0.25) is 10.3 Å². The lowest BCUT2D eigenvalue weighted by Gasteiger charge is -2.26. The van der Waals surface area contributed by atoms with E-state index in [2.05, 4.69) is 10.3 Å². The number of benzene rings is 1. The van der Waals surface area contributed by atoms with Gasteiger partial charge in [0.15, 0.2) is 0 Å². The fraction of sp³-hybridized carbons (Fsp3) is 0.333. The van der Waals surface area contributed by atoms with E-state index < -0.39 is 22.8 Å². The third-order valence-electron chi connectivity index (χ3n) is 4.40. The molecule has 0 bridgehead atoms. The Kier molecular flexibility index (Phi) is 6.47. The first-order valence-corrected chi connectivity index (χ1v) is 10.3. The van der Waals surface area contributed by atoms with Crippen LogP contribution < -0.4 is 5.32 Å². The van der Waals surface area contributed by atoms with E-state index in [1.54, 1.807) is 16.4 Å². The molecule has 27 heavy (non-hydrogen) atoms. The van der Waals surface area contributed by atoms with Crippen molar-refractivity contribution in [2.24, 2.45) is 0 Å². The van der Waals surface area contributed by atoms with Crippen molar-refractivity contribution in [3.05, 3.63) is 58.1 Å². The molecule has 1 amide bonds. The van der Waals surface area contributed by atoms with Gasteiger partial charge in [-0.3, -0.25) is 4.79 Å². The minimum Gasteiger partial charge on any atom is -0.351 e. The zero-order valence-electron chi connectivity index (χ0n) is 14.5. The molecule has 1 aromatic heterocycles. The van der Waals surface area contributed by atoms with E-state index in [9.17, 15) is 13.4 Å². The van der Waals surface area contributed by atoms with Gasteiger partial charge in [-0.15, -0.1) is 0 Å². The molecule has 1 saturated heterocycles. The largest absolute Gasteiger partial charge is 0.351 e. The number of pyridine rings is 1. The van der Waals surface area contributed by atoms with Gasteiger partial charge in [-0.1, -0.05) is 23.2 Å². The van der Waals surface area contributed by atoms with Gasteiger partial charge in [0.05, 0.1) is 4.90 Å². The summed E-state index contributed by atoms with van der Waals surface area (Å²) in [5, 5.41) is 3.34. The van der Waals surface area contributed by atoms with Crippen LogP contribution in [0.3, 0.4) is 0 Å². The third kappa shape index (κ3) is 4.85. The standard InChI is InChI=1S/C18H18Cl2FN3O2S/c1-11-2-7-15(24(11)27(26)14-5-3-13(21)4-6-14)18(25)22-10-12-8-16(19)23-17(20)9-12/h3-6,8-9,11,15H,2,7,10H2,1H3,(H,22,25). The summed E-state index contributed by atoms with van der Waals surface area (Å²) in [7, 11) is -1.55. The molecule has 0 spiro atoms. The first-order valence-electron chi connectivity index (χ1n) is 8.40. The topological polar surface area (TPSA) is 62.3 Å². The van der Waals surface area contributed by atoms with Crippen LogP contribution in [0.1, 0.15) is 25.3 Å². The maximum atomic E-state index is 13.1. The smallest absolute Gasteiger partial charge is 0.238 e. The first kappa shape index (κ1) is 20.2. The van der Waals surface area contributed by atoms with Crippen molar-refractivity contribution < 1.29 is 13.4 Å². The van der Waals surface area contributed by atoms with Gasteiger partial charge in [0, 0.05) is 12.6 Å². The molecule has 3 atom stereocenters. The van der Waals surface area contributed by atoms with Gasteiger partial charge < -0.3 is 5.32 Å². The molecule has 2 heterocycles. The molecule has 5 nitrogen and oxygen atoms in total. The van der Waals surface area contributed by atoms with Gasteiger partial charge in [0.25, 0.3) is 0 Å².